The molecule has 7 heteroatoms. The summed E-state index contributed by atoms with van der Waals surface area (Å²) in [6, 6.07) is -0.592. The number of esters is 1. The third-order valence-electron chi connectivity index (χ3n) is 4.21. The van der Waals surface area contributed by atoms with Crippen molar-refractivity contribution in [1.29, 1.82) is 0 Å². The van der Waals surface area contributed by atoms with E-state index in [0.29, 0.717) is 13.0 Å². The lowest BCUT2D eigenvalue weighted by atomic mass is 9.78. The van der Waals surface area contributed by atoms with E-state index in [4.69, 9.17) is 9.84 Å². The molecule has 0 unspecified atom stereocenters. The number of ether oxygens (including phenoxy) is 1. The Morgan fingerprint density at radius 3 is 2.40 bits per heavy atom. The first kappa shape index (κ1) is 14.6. The Hall–Kier alpha value is -1.79. The molecule has 0 radical (unpaired) electrons. The molecular weight excluding hydrogens is 264 g/mol. The first-order valence-electron chi connectivity index (χ1n) is 6.69. The molecule has 2 heterocycles. The van der Waals surface area contributed by atoms with Crippen LogP contribution in [0.3, 0.4) is 0 Å². The highest BCUT2D eigenvalue weighted by Gasteiger charge is 2.58. The summed E-state index contributed by atoms with van der Waals surface area (Å²) in [4.78, 5) is 38.0. The topological polar surface area (TPSA) is 87.2 Å². The van der Waals surface area contributed by atoms with E-state index in [1.54, 1.807) is 4.90 Å². The molecule has 7 nitrogen and oxygen atoms in total. The van der Waals surface area contributed by atoms with E-state index in [0.717, 1.165) is 0 Å². The summed E-state index contributed by atoms with van der Waals surface area (Å²) < 4.78 is 4.78. The molecule has 0 aromatic rings. The van der Waals surface area contributed by atoms with Gasteiger partial charge in [0.2, 0.25) is 5.91 Å². The van der Waals surface area contributed by atoms with Gasteiger partial charge in [-0.2, -0.15) is 0 Å². The molecule has 0 bridgehead atoms. The van der Waals surface area contributed by atoms with Crippen LogP contribution in [0.15, 0.2) is 0 Å². The Morgan fingerprint density at radius 1 is 1.35 bits per heavy atom. The number of amides is 2. The molecule has 2 rings (SSSR count). The fourth-order valence-corrected chi connectivity index (χ4v) is 3.11. The van der Waals surface area contributed by atoms with Gasteiger partial charge in [0, 0.05) is 19.6 Å². The van der Waals surface area contributed by atoms with E-state index < -0.39 is 23.5 Å². The number of hydrogen-bond donors (Lipinski definition) is 1. The zero-order valence-corrected chi connectivity index (χ0v) is 12.0. The summed E-state index contributed by atoms with van der Waals surface area (Å²) in [6.45, 7) is 4.66. The molecular formula is C13H20N2O5. The van der Waals surface area contributed by atoms with Crippen LogP contribution in [0.4, 0.5) is 4.79 Å². The fraction of sp³-hybridized carbons (Fsp3) is 0.769. The van der Waals surface area contributed by atoms with Crippen LogP contribution < -0.4 is 0 Å². The standard InChI is InChI=1S/C13H20N2O5/c1-8(2)9(10(16)20-3)15-5-4-13(11(15)17)6-14(7-13)12(18)19/h8-9H,4-7H2,1-3H3,(H,18,19)/t9-/m0/s1. The molecule has 2 aliphatic rings. The smallest absolute Gasteiger partial charge is 0.407 e. The normalized spacial score (nSPS) is 22.1. The summed E-state index contributed by atoms with van der Waals surface area (Å²) in [5.74, 6) is -0.587. The molecule has 0 aromatic carbocycles. The second-order valence-corrected chi connectivity index (χ2v) is 5.88. The lowest BCUT2D eigenvalue weighted by Crippen LogP contribution is -2.62. The van der Waals surface area contributed by atoms with Crippen LogP contribution in [0.2, 0.25) is 0 Å². The van der Waals surface area contributed by atoms with Crippen molar-refractivity contribution in [1.82, 2.24) is 9.80 Å². The monoisotopic (exact) mass is 284 g/mol. The van der Waals surface area contributed by atoms with Crippen LogP contribution in [0.1, 0.15) is 20.3 Å². The van der Waals surface area contributed by atoms with Gasteiger partial charge in [0.25, 0.3) is 0 Å². The Labute approximate surface area is 117 Å². The molecule has 20 heavy (non-hydrogen) atoms. The van der Waals surface area contributed by atoms with Crippen molar-refractivity contribution in [3.8, 4) is 0 Å². The van der Waals surface area contributed by atoms with Gasteiger partial charge < -0.3 is 19.6 Å². The van der Waals surface area contributed by atoms with Crippen LogP contribution in [0, 0.1) is 11.3 Å². The van der Waals surface area contributed by atoms with Crippen molar-refractivity contribution >= 4 is 18.0 Å². The van der Waals surface area contributed by atoms with Crippen LogP contribution in [0.5, 0.6) is 0 Å². The summed E-state index contributed by atoms with van der Waals surface area (Å²) in [7, 11) is 1.31. The van der Waals surface area contributed by atoms with E-state index in [-0.39, 0.29) is 24.9 Å². The molecule has 2 amide bonds. The van der Waals surface area contributed by atoms with Crippen molar-refractivity contribution < 1.29 is 24.2 Å². The highest BCUT2D eigenvalue weighted by atomic mass is 16.5. The molecule has 1 spiro atoms. The predicted octanol–water partition coefficient (Wildman–Crippen LogP) is 0.396. The Kier molecular flexibility index (Phi) is 3.62. The predicted molar refractivity (Wildman–Crippen MR) is 69.0 cm³/mol. The van der Waals surface area contributed by atoms with Crippen LogP contribution in [-0.4, -0.2) is 65.7 Å². The van der Waals surface area contributed by atoms with Gasteiger partial charge in [0.15, 0.2) is 0 Å². The van der Waals surface area contributed by atoms with Gasteiger partial charge >= 0.3 is 12.1 Å². The third kappa shape index (κ3) is 2.10. The minimum Gasteiger partial charge on any atom is -0.467 e. The average molecular weight is 284 g/mol. The second kappa shape index (κ2) is 4.96. The zero-order valence-electron chi connectivity index (χ0n) is 12.0. The van der Waals surface area contributed by atoms with Crippen molar-refractivity contribution in [2.75, 3.05) is 26.7 Å². The number of hydrogen-bond acceptors (Lipinski definition) is 4. The van der Waals surface area contributed by atoms with Crippen molar-refractivity contribution in [2.24, 2.45) is 11.3 Å². The summed E-state index contributed by atoms with van der Waals surface area (Å²) in [5.41, 5.74) is -0.625. The fourth-order valence-electron chi connectivity index (χ4n) is 3.11. The van der Waals surface area contributed by atoms with E-state index in [2.05, 4.69) is 0 Å². The van der Waals surface area contributed by atoms with Gasteiger partial charge in [-0.25, -0.2) is 9.59 Å². The zero-order chi connectivity index (χ0) is 15.1. The molecule has 2 fully saturated rings. The number of methoxy groups -OCH3 is 1. The molecule has 1 atom stereocenters. The third-order valence-corrected chi connectivity index (χ3v) is 4.21. The lowest BCUT2D eigenvalue weighted by Gasteiger charge is -2.45. The van der Waals surface area contributed by atoms with Gasteiger partial charge in [0.1, 0.15) is 6.04 Å². The molecule has 2 aliphatic heterocycles. The molecule has 0 saturated carbocycles. The van der Waals surface area contributed by atoms with Gasteiger partial charge in [0.05, 0.1) is 12.5 Å². The molecule has 1 N–H and O–H groups in total. The van der Waals surface area contributed by atoms with E-state index in [1.807, 2.05) is 13.8 Å². The molecule has 112 valence electrons. The lowest BCUT2D eigenvalue weighted by molar-refractivity contribution is -0.157. The largest absolute Gasteiger partial charge is 0.467 e. The highest BCUT2D eigenvalue weighted by molar-refractivity contribution is 5.92. The van der Waals surface area contributed by atoms with Crippen molar-refractivity contribution in [3.05, 3.63) is 0 Å². The summed E-state index contributed by atoms with van der Waals surface area (Å²) in [5, 5.41) is 8.88. The number of carbonyl (C=O) groups excluding carboxylic acids is 2. The maximum Gasteiger partial charge on any atom is 0.407 e. The summed E-state index contributed by atoms with van der Waals surface area (Å²) in [6.07, 6.45) is -0.411. The first-order chi connectivity index (χ1) is 9.32. The maximum absolute atomic E-state index is 12.5. The van der Waals surface area contributed by atoms with E-state index >= 15 is 0 Å². The van der Waals surface area contributed by atoms with Crippen LogP contribution in [0.25, 0.3) is 0 Å². The Bertz CT molecular complexity index is 442. The van der Waals surface area contributed by atoms with Crippen molar-refractivity contribution in [3.63, 3.8) is 0 Å². The molecule has 2 saturated heterocycles. The quantitative estimate of drug-likeness (QED) is 0.758. The van der Waals surface area contributed by atoms with Gasteiger partial charge in [-0.15, -0.1) is 0 Å². The van der Waals surface area contributed by atoms with Gasteiger partial charge in [-0.3, -0.25) is 4.79 Å². The van der Waals surface area contributed by atoms with Crippen LogP contribution >= 0.6 is 0 Å². The number of nitrogens with zero attached hydrogens (tertiary/aromatic N) is 2. The van der Waals surface area contributed by atoms with E-state index in [1.165, 1.54) is 12.0 Å². The number of carboxylic acid groups (broad SMARTS) is 1. The van der Waals surface area contributed by atoms with E-state index in [9.17, 15) is 14.4 Å². The minimum absolute atomic E-state index is 0.0443. The SMILES string of the molecule is COC(=O)[C@H](C(C)C)N1CCC2(CN(C(=O)O)C2)C1=O. The average Bonchev–Trinajstić information content (AvgIpc) is 2.65. The van der Waals surface area contributed by atoms with Crippen molar-refractivity contribution in [2.45, 2.75) is 26.3 Å². The van der Waals surface area contributed by atoms with Gasteiger partial charge in [-0.1, -0.05) is 13.8 Å². The number of rotatable bonds is 3. The Balaban J connectivity index is 2.11. The highest BCUT2D eigenvalue weighted by Crippen LogP contribution is 2.42. The molecule has 0 aromatic heterocycles. The second-order valence-electron chi connectivity index (χ2n) is 5.88. The minimum atomic E-state index is -1.00. The van der Waals surface area contributed by atoms with Crippen LogP contribution in [-0.2, 0) is 14.3 Å². The Morgan fingerprint density at radius 2 is 1.95 bits per heavy atom. The summed E-state index contributed by atoms with van der Waals surface area (Å²) >= 11 is 0. The molecule has 0 aliphatic carbocycles. The first-order valence-corrected chi connectivity index (χ1v) is 6.69. The number of likely N-dealkylation sites (tertiary alicyclic amines) is 2. The number of carbonyl (C=O) groups is 3. The van der Waals surface area contributed by atoms with Gasteiger partial charge in [-0.05, 0) is 12.3 Å². The maximum atomic E-state index is 12.5.